The van der Waals surface area contributed by atoms with Gasteiger partial charge in [0.2, 0.25) is 11.9 Å². The molecular weight excluding hydrogens is 358 g/mol. The van der Waals surface area contributed by atoms with Crippen molar-refractivity contribution in [1.82, 2.24) is 9.97 Å². The molecule has 0 unspecified atom stereocenters. The highest BCUT2D eigenvalue weighted by Gasteiger charge is 2.22. The van der Waals surface area contributed by atoms with Crippen LogP contribution >= 0.6 is 0 Å². The summed E-state index contributed by atoms with van der Waals surface area (Å²) in [6, 6.07) is 14.1. The minimum atomic E-state index is -0.506. The van der Waals surface area contributed by atoms with Crippen molar-refractivity contribution in [1.29, 1.82) is 0 Å². The Bertz CT molecular complexity index is 1080. The van der Waals surface area contributed by atoms with Crippen molar-refractivity contribution in [2.75, 3.05) is 23.9 Å². The average molecular weight is 375 g/mol. The number of carbonyl (C=O) groups excluding carboxylic acids is 2. The van der Waals surface area contributed by atoms with E-state index in [2.05, 4.69) is 15.3 Å². The maximum Gasteiger partial charge on any atom is 0.264 e. The molecule has 8 heteroatoms. The number of nitrogens with one attached hydrogen (secondary N) is 1. The molecule has 140 valence electrons. The Hall–Kier alpha value is -3.94. The van der Waals surface area contributed by atoms with E-state index in [1.54, 1.807) is 48.5 Å². The number of anilines is 3. The van der Waals surface area contributed by atoms with Crippen LogP contribution in [-0.4, -0.2) is 35.4 Å². The van der Waals surface area contributed by atoms with E-state index in [1.807, 2.05) is 18.2 Å². The topological polar surface area (TPSA) is 110 Å². The zero-order chi connectivity index (χ0) is 19.7. The Balaban J connectivity index is 1.64. The first-order valence-corrected chi connectivity index (χ1v) is 8.55. The SMILES string of the molecule is CN1C(=O)COc2ccc(-c3ccnc(Nc4cccc(C(N)=O)c4)n3)cc21. The molecule has 0 bridgehead atoms. The summed E-state index contributed by atoms with van der Waals surface area (Å²) in [5.74, 6) is 0.413. The van der Waals surface area contributed by atoms with Gasteiger partial charge in [-0.2, -0.15) is 0 Å². The predicted octanol–water partition coefficient (Wildman–Crippen LogP) is 2.34. The zero-order valence-corrected chi connectivity index (χ0v) is 15.0. The number of nitrogens with zero attached hydrogens (tertiary/aromatic N) is 3. The number of carbonyl (C=O) groups is 2. The molecule has 3 aromatic rings. The number of hydrogen-bond donors (Lipinski definition) is 2. The quantitative estimate of drug-likeness (QED) is 0.724. The van der Waals surface area contributed by atoms with E-state index in [4.69, 9.17) is 10.5 Å². The summed E-state index contributed by atoms with van der Waals surface area (Å²) in [6.07, 6.45) is 1.63. The lowest BCUT2D eigenvalue weighted by atomic mass is 10.1. The van der Waals surface area contributed by atoms with Gasteiger partial charge < -0.3 is 20.7 Å². The van der Waals surface area contributed by atoms with E-state index in [1.165, 1.54) is 0 Å². The van der Waals surface area contributed by atoms with Crippen molar-refractivity contribution in [3.63, 3.8) is 0 Å². The highest BCUT2D eigenvalue weighted by molar-refractivity contribution is 5.98. The van der Waals surface area contributed by atoms with Crippen LogP contribution in [0.3, 0.4) is 0 Å². The summed E-state index contributed by atoms with van der Waals surface area (Å²) >= 11 is 0. The molecule has 0 radical (unpaired) electrons. The molecule has 4 rings (SSSR count). The standard InChI is InChI=1S/C20H17N5O3/c1-25-16-10-12(5-6-17(16)28-11-18(25)26)15-7-8-22-20(24-15)23-14-4-2-3-13(9-14)19(21)27/h2-10H,11H2,1H3,(H2,21,27)(H,22,23,24). The summed E-state index contributed by atoms with van der Waals surface area (Å²) in [7, 11) is 1.71. The number of benzene rings is 2. The molecule has 0 saturated carbocycles. The van der Waals surface area contributed by atoms with E-state index in [0.29, 0.717) is 34.3 Å². The van der Waals surface area contributed by atoms with Crippen LogP contribution in [0.25, 0.3) is 11.3 Å². The number of amides is 2. The van der Waals surface area contributed by atoms with Crippen molar-refractivity contribution in [3.8, 4) is 17.0 Å². The van der Waals surface area contributed by atoms with Gasteiger partial charge in [-0.3, -0.25) is 9.59 Å². The van der Waals surface area contributed by atoms with Gasteiger partial charge in [0.05, 0.1) is 11.4 Å². The van der Waals surface area contributed by atoms with Crippen LogP contribution in [0.5, 0.6) is 5.75 Å². The number of ether oxygens (including phenoxy) is 1. The van der Waals surface area contributed by atoms with Crippen molar-refractivity contribution in [3.05, 3.63) is 60.3 Å². The van der Waals surface area contributed by atoms with Crippen LogP contribution in [0.4, 0.5) is 17.3 Å². The highest BCUT2D eigenvalue weighted by Crippen LogP contribution is 2.35. The van der Waals surface area contributed by atoms with Crippen LogP contribution in [-0.2, 0) is 4.79 Å². The van der Waals surface area contributed by atoms with Crippen LogP contribution in [0.2, 0.25) is 0 Å². The first kappa shape index (κ1) is 17.5. The van der Waals surface area contributed by atoms with Crippen molar-refractivity contribution in [2.45, 2.75) is 0 Å². The predicted molar refractivity (Wildman–Crippen MR) is 105 cm³/mol. The van der Waals surface area contributed by atoms with Gasteiger partial charge in [0.1, 0.15) is 5.75 Å². The second kappa shape index (κ2) is 6.99. The minimum Gasteiger partial charge on any atom is -0.482 e. The minimum absolute atomic E-state index is 0.0365. The molecule has 1 aliphatic heterocycles. The number of hydrogen-bond acceptors (Lipinski definition) is 6. The van der Waals surface area contributed by atoms with Gasteiger partial charge in [-0.05, 0) is 42.5 Å². The maximum absolute atomic E-state index is 11.9. The molecule has 0 fully saturated rings. The first-order valence-electron chi connectivity index (χ1n) is 8.55. The molecule has 0 aliphatic carbocycles. The normalized spacial score (nSPS) is 12.9. The zero-order valence-electron chi connectivity index (χ0n) is 15.0. The number of likely N-dealkylation sites (N-methyl/N-ethyl adjacent to an activating group) is 1. The molecule has 1 aromatic heterocycles. The lowest BCUT2D eigenvalue weighted by Gasteiger charge is -2.26. The van der Waals surface area contributed by atoms with Gasteiger partial charge in [-0.1, -0.05) is 6.07 Å². The summed E-state index contributed by atoms with van der Waals surface area (Å²) in [6.45, 7) is 0.0365. The fourth-order valence-corrected chi connectivity index (χ4v) is 2.89. The number of fused-ring (bicyclic) bond motifs is 1. The number of primary amides is 1. The molecule has 0 spiro atoms. The molecular formula is C20H17N5O3. The van der Waals surface area contributed by atoms with Crippen LogP contribution in [0.15, 0.2) is 54.7 Å². The van der Waals surface area contributed by atoms with E-state index in [-0.39, 0.29) is 12.5 Å². The average Bonchev–Trinajstić information content (AvgIpc) is 2.71. The summed E-state index contributed by atoms with van der Waals surface area (Å²) < 4.78 is 5.46. The van der Waals surface area contributed by atoms with Crippen LogP contribution in [0, 0.1) is 0 Å². The lowest BCUT2D eigenvalue weighted by molar-refractivity contribution is -0.120. The Morgan fingerprint density at radius 1 is 1.21 bits per heavy atom. The van der Waals surface area contributed by atoms with E-state index in [9.17, 15) is 9.59 Å². The fourth-order valence-electron chi connectivity index (χ4n) is 2.89. The van der Waals surface area contributed by atoms with Crippen LogP contribution in [0.1, 0.15) is 10.4 Å². The number of aromatic nitrogens is 2. The highest BCUT2D eigenvalue weighted by atomic mass is 16.5. The molecule has 2 aromatic carbocycles. The van der Waals surface area contributed by atoms with Gasteiger partial charge in [-0.25, -0.2) is 9.97 Å². The van der Waals surface area contributed by atoms with Crippen molar-refractivity contribution < 1.29 is 14.3 Å². The van der Waals surface area contributed by atoms with Crippen molar-refractivity contribution in [2.24, 2.45) is 5.73 Å². The Morgan fingerprint density at radius 3 is 2.89 bits per heavy atom. The second-order valence-electron chi connectivity index (χ2n) is 6.26. The molecule has 0 saturated heterocycles. The lowest BCUT2D eigenvalue weighted by Crippen LogP contribution is -2.35. The van der Waals surface area contributed by atoms with Gasteiger partial charge in [0.25, 0.3) is 5.91 Å². The third-order valence-electron chi connectivity index (χ3n) is 4.40. The van der Waals surface area contributed by atoms with Gasteiger partial charge in [0.15, 0.2) is 6.61 Å². The second-order valence-corrected chi connectivity index (χ2v) is 6.26. The molecule has 28 heavy (non-hydrogen) atoms. The Kier molecular flexibility index (Phi) is 4.36. The molecule has 8 nitrogen and oxygen atoms in total. The Labute approximate surface area is 161 Å². The molecule has 2 amide bonds. The van der Waals surface area contributed by atoms with Gasteiger partial charge in [0, 0.05) is 30.1 Å². The van der Waals surface area contributed by atoms with E-state index in [0.717, 1.165) is 5.56 Å². The van der Waals surface area contributed by atoms with Crippen molar-refractivity contribution >= 4 is 29.1 Å². The third kappa shape index (κ3) is 3.35. The first-order chi connectivity index (χ1) is 13.5. The molecule has 3 N–H and O–H groups in total. The molecule has 1 aliphatic rings. The Morgan fingerprint density at radius 2 is 2.07 bits per heavy atom. The van der Waals surface area contributed by atoms with E-state index < -0.39 is 5.91 Å². The number of rotatable bonds is 4. The number of nitrogens with two attached hydrogens (primary N) is 1. The monoisotopic (exact) mass is 375 g/mol. The fraction of sp³-hybridized carbons (Fsp3) is 0.100. The largest absolute Gasteiger partial charge is 0.482 e. The van der Waals surface area contributed by atoms with E-state index >= 15 is 0 Å². The maximum atomic E-state index is 11.9. The molecule has 2 heterocycles. The van der Waals surface area contributed by atoms with Gasteiger partial charge in [-0.15, -0.1) is 0 Å². The summed E-state index contributed by atoms with van der Waals surface area (Å²) in [4.78, 5) is 33.5. The third-order valence-corrected chi connectivity index (χ3v) is 4.40. The molecule has 0 atom stereocenters. The summed E-state index contributed by atoms with van der Waals surface area (Å²) in [5, 5.41) is 3.07. The van der Waals surface area contributed by atoms with Gasteiger partial charge >= 0.3 is 0 Å². The van der Waals surface area contributed by atoms with Crippen LogP contribution < -0.4 is 20.7 Å². The smallest absolute Gasteiger partial charge is 0.264 e. The summed E-state index contributed by atoms with van der Waals surface area (Å²) in [5.41, 5.74) is 8.55.